The molecule has 1 saturated carbocycles. The summed E-state index contributed by atoms with van der Waals surface area (Å²) in [5.41, 5.74) is 0.435. The Kier molecular flexibility index (Phi) is 11.7. The number of ether oxygens (including phenoxy) is 1. The van der Waals surface area contributed by atoms with Crippen LogP contribution in [0.15, 0.2) is 41.3 Å². The number of fused-ring (bicyclic) bond motifs is 4. The molecule has 10 rings (SSSR count). The molecule has 4 fully saturated rings. The molecule has 4 aliphatic heterocycles. The van der Waals surface area contributed by atoms with Crippen LogP contribution in [0.5, 0.6) is 5.75 Å². The van der Waals surface area contributed by atoms with Crippen LogP contribution >= 0.6 is 11.6 Å². The molecule has 5 aliphatic rings. The van der Waals surface area contributed by atoms with Gasteiger partial charge in [-0.15, -0.1) is 0 Å². The summed E-state index contributed by atoms with van der Waals surface area (Å²) in [4.78, 5) is 49.1. The molecule has 0 bridgehead atoms. The second-order valence-corrected chi connectivity index (χ2v) is 30.3. The molecule has 7 heterocycles. The summed E-state index contributed by atoms with van der Waals surface area (Å²) in [5.74, 6) is -4.93. The standard InChI is InChI=1S/C27H30ClF2N6O3.C19H20F3N3O2.In/c1-14(37)15-7-9-36(10-8-15)26-31-12-19(28)24(34-26)32-17-5-6-20-18(11-17)21-22(25(38)35(20)2)39-13-27(29,30)23(33-21)16-3-4-16;1-4-10(5-2)11-6-7-12-16(13-8-9-14(26)23-18(13)27)24-25(3)17(12)15(11)19(20,21)22;/h5-6,11-12,15-16,23,33,37H,3-4,7-10,13H2,1-2H3,(H,31,32,34);6-7,10,13H,1-2,4-5,8-9H2,3H3,(H,23,26,27);/t23-;;/m0../s1. The van der Waals surface area contributed by atoms with Crippen molar-refractivity contribution in [2.75, 3.05) is 35.2 Å². The Bertz CT molecular complexity index is 2870. The number of halogens is 6. The number of nitrogens with one attached hydrogen (secondary N) is 3. The summed E-state index contributed by atoms with van der Waals surface area (Å²) in [7, 11) is 3.03. The number of aliphatic hydroxyl groups is 1. The van der Waals surface area contributed by atoms with Gasteiger partial charge in [-0.25, -0.2) is 8.78 Å². The predicted octanol–water partition coefficient (Wildman–Crippen LogP) is 7.95. The van der Waals surface area contributed by atoms with Crippen molar-refractivity contribution in [2.45, 2.75) is 100.0 Å². The molecule has 3 atom stereocenters. The third-order valence-corrected chi connectivity index (χ3v) is 27.3. The zero-order chi connectivity index (χ0) is 47.3. The number of benzene rings is 2. The van der Waals surface area contributed by atoms with Crippen LogP contribution in [0.3, 0.4) is 0 Å². The number of rotatable bonds is 8. The van der Waals surface area contributed by atoms with E-state index in [4.69, 9.17) is 21.3 Å². The third-order valence-electron chi connectivity index (χ3n) is 15.1. The van der Waals surface area contributed by atoms with Gasteiger partial charge in [0.1, 0.15) is 0 Å². The van der Waals surface area contributed by atoms with E-state index in [2.05, 4.69) is 26.0 Å². The Morgan fingerprint density at radius 1 is 0.985 bits per heavy atom. The zero-order valence-electron chi connectivity index (χ0n) is 37.2. The number of amides is 2. The van der Waals surface area contributed by atoms with Gasteiger partial charge in [0, 0.05) is 7.05 Å². The van der Waals surface area contributed by atoms with Gasteiger partial charge in [-0.2, -0.15) is 0 Å². The second-order valence-electron chi connectivity index (χ2n) is 19.3. The van der Waals surface area contributed by atoms with E-state index in [0.29, 0.717) is 80.0 Å². The van der Waals surface area contributed by atoms with Crippen LogP contribution in [0.2, 0.25) is 13.4 Å². The van der Waals surface area contributed by atoms with Crippen LogP contribution in [0.25, 0.3) is 21.8 Å². The van der Waals surface area contributed by atoms with E-state index < -0.39 is 78.4 Å². The molecule has 2 amide bonds. The Morgan fingerprint density at radius 2 is 1.72 bits per heavy atom. The van der Waals surface area contributed by atoms with Gasteiger partial charge in [0.05, 0.1) is 17.2 Å². The van der Waals surface area contributed by atoms with E-state index in [-0.39, 0.29) is 69.2 Å². The predicted molar refractivity (Wildman–Crippen MR) is 244 cm³/mol. The molecule has 4 N–H and O–H groups in total. The van der Waals surface area contributed by atoms with Gasteiger partial charge in [0.15, 0.2) is 6.61 Å². The number of carbonyl (C=O) groups excluding carboxylic acids is 2. The number of piperidine rings is 2. The number of alkyl halides is 5. The number of pyridine rings is 1. The first-order valence-corrected chi connectivity index (χ1v) is 29.6. The maximum atomic E-state index is 15.2. The van der Waals surface area contributed by atoms with E-state index in [9.17, 15) is 19.5 Å². The third kappa shape index (κ3) is 8.39. The molecule has 0 spiro atoms. The number of hydrogen-bond acceptors (Lipinski definition) is 11. The van der Waals surface area contributed by atoms with Gasteiger partial charge in [-0.3, -0.25) is 9.59 Å². The molecule has 0 radical (unpaired) electrons. The van der Waals surface area contributed by atoms with Crippen LogP contribution in [0.4, 0.5) is 45.1 Å². The number of aromatic nitrogens is 5. The molecule has 1 unspecified atom stereocenters. The van der Waals surface area contributed by atoms with E-state index in [1.165, 1.54) is 28.6 Å². The number of carbonyl (C=O) groups is 2. The normalized spacial score (nSPS) is 22.8. The summed E-state index contributed by atoms with van der Waals surface area (Å²) in [5, 5.41) is 26.2. The molecule has 1 aliphatic carbocycles. The number of aryl methyl sites for hydroxylation is 2. The van der Waals surface area contributed by atoms with Crippen molar-refractivity contribution in [2.24, 2.45) is 25.9 Å². The van der Waals surface area contributed by atoms with Gasteiger partial charge in [0.2, 0.25) is 5.75 Å². The quantitative estimate of drug-likeness (QED) is 0.0880. The number of anilines is 4. The molecule has 354 valence electrons. The zero-order valence-corrected chi connectivity index (χ0v) is 41.2. The first-order valence-electron chi connectivity index (χ1n) is 22.9. The Hall–Kier alpha value is -4.69. The molecular weight excluding hydrogens is 1000 g/mol. The van der Waals surface area contributed by atoms with Gasteiger partial charge >= 0.3 is 302 Å². The van der Waals surface area contributed by atoms with Crippen molar-refractivity contribution in [3.63, 3.8) is 0 Å². The molecule has 67 heavy (non-hydrogen) atoms. The maximum absolute atomic E-state index is 15.2. The van der Waals surface area contributed by atoms with Crippen molar-refractivity contribution in [1.82, 2.24) is 29.6 Å². The van der Waals surface area contributed by atoms with Crippen LogP contribution in [0.1, 0.15) is 86.9 Å². The van der Waals surface area contributed by atoms with Crippen LogP contribution in [-0.4, -0.2) is 97.7 Å². The summed E-state index contributed by atoms with van der Waals surface area (Å²) in [6.45, 7) is 2.18. The topological polar surface area (TPSA) is 169 Å². The van der Waals surface area contributed by atoms with Crippen LogP contribution in [-0.2, 0) is 29.9 Å². The summed E-state index contributed by atoms with van der Waals surface area (Å²) in [6, 6.07) is 7.23. The fourth-order valence-corrected chi connectivity index (χ4v) is 23.0. The van der Waals surface area contributed by atoms with Gasteiger partial charge in [-0.05, 0) is 18.8 Å². The summed E-state index contributed by atoms with van der Waals surface area (Å²) >= 11 is 3.86. The molecule has 5 aromatic rings. The van der Waals surface area contributed by atoms with E-state index in [1.54, 1.807) is 31.3 Å². The van der Waals surface area contributed by atoms with Crippen molar-refractivity contribution in [3.8, 4) is 5.75 Å². The Balaban J connectivity index is 0.813. The van der Waals surface area contributed by atoms with Gasteiger partial charge in [-0.1, -0.05) is 0 Å². The average Bonchev–Trinajstić information content (AvgIpc) is 4.10. The Labute approximate surface area is 394 Å². The fourth-order valence-electron chi connectivity index (χ4n) is 11.3. The fraction of sp³-hybridized carbons (Fsp3) is 0.522. The number of nitrogens with zero attached hydrogens (tertiary/aromatic N) is 6. The minimum atomic E-state index is -4.68. The molecule has 14 nitrogen and oxygen atoms in total. The van der Waals surface area contributed by atoms with Crippen molar-refractivity contribution < 1.29 is 41.4 Å². The number of imide groups is 1. The van der Waals surface area contributed by atoms with Gasteiger partial charge in [0.25, 0.3) is 5.56 Å². The van der Waals surface area contributed by atoms with E-state index in [1.807, 2.05) is 11.8 Å². The Morgan fingerprint density at radius 3 is 2.40 bits per heavy atom. The van der Waals surface area contributed by atoms with Crippen molar-refractivity contribution in [3.05, 3.63) is 68.7 Å². The van der Waals surface area contributed by atoms with Crippen molar-refractivity contribution >= 4 is 89.8 Å². The second kappa shape index (κ2) is 17.1. The molecule has 3 saturated heterocycles. The van der Waals surface area contributed by atoms with E-state index >= 15 is 22.0 Å². The average molecular weight is 1050 g/mol. The number of hydrogen-bond donors (Lipinski definition) is 4. The summed E-state index contributed by atoms with van der Waals surface area (Å²) < 4.78 is 84.2. The monoisotopic (exact) mass is 1050 g/mol. The van der Waals surface area contributed by atoms with Crippen LogP contribution < -0.4 is 31.1 Å². The molecule has 3 aromatic heterocycles. The minimum absolute atomic E-state index is 0.00831. The van der Waals surface area contributed by atoms with Crippen molar-refractivity contribution in [1.29, 1.82) is 0 Å². The first-order chi connectivity index (χ1) is 31.8. The summed E-state index contributed by atoms with van der Waals surface area (Å²) in [6.07, 6.45) is 0.871. The molecule has 2 aromatic carbocycles. The molecular formula is C46H50ClF5InN9O5. The van der Waals surface area contributed by atoms with E-state index in [0.717, 1.165) is 8.35 Å². The molecule has 21 heteroatoms. The first kappa shape index (κ1) is 46.1. The van der Waals surface area contributed by atoms with Crippen LogP contribution in [0, 0.1) is 11.8 Å². The SMILES string of the molecule is Cn1nc(C2CCC(=O)NC2=O)c2ccc(C3C[CH2][In]([C@](C)(O)C4CCN(c5ncc(Cl)c(Nc6ccc7c(c6)c6c(c(=O)n7C)OCC(F)(F)[C@H](C7CC7)N6)n5)CC4)[CH2]C3)c(C(F)(F)F)c21. The van der Waals surface area contributed by atoms with Gasteiger partial charge < -0.3 is 14.6 Å².